The summed E-state index contributed by atoms with van der Waals surface area (Å²) < 4.78 is 46.2. The van der Waals surface area contributed by atoms with Crippen LogP contribution in [0.5, 0.6) is 11.5 Å². The van der Waals surface area contributed by atoms with Crippen LogP contribution in [0.15, 0.2) is 54.6 Å². The van der Waals surface area contributed by atoms with E-state index in [-0.39, 0.29) is 23.2 Å². The van der Waals surface area contributed by atoms with Gasteiger partial charge in [0.1, 0.15) is 22.8 Å². The molecule has 0 bridgehead atoms. The molecule has 0 aliphatic carbocycles. The van der Waals surface area contributed by atoms with Crippen molar-refractivity contribution in [1.29, 1.82) is 0 Å². The molecule has 7 nitrogen and oxygen atoms in total. The number of halogens is 3. The van der Waals surface area contributed by atoms with Gasteiger partial charge in [0.15, 0.2) is 0 Å². The van der Waals surface area contributed by atoms with Crippen molar-refractivity contribution in [2.24, 2.45) is 0 Å². The van der Waals surface area contributed by atoms with Gasteiger partial charge in [0.25, 0.3) is 5.91 Å². The minimum atomic E-state index is -4.75. The van der Waals surface area contributed by atoms with Crippen LogP contribution in [0.1, 0.15) is 23.0 Å². The van der Waals surface area contributed by atoms with Crippen molar-refractivity contribution in [3.05, 3.63) is 65.8 Å². The molecular weight excluding hydrogens is 379 g/mol. The topological polar surface area (TPSA) is 81.7 Å². The Morgan fingerprint density at radius 2 is 1.86 bits per heavy atom. The molecule has 2 N–H and O–H groups in total. The number of carbonyl (C=O) groups is 1. The summed E-state index contributed by atoms with van der Waals surface area (Å²) in [4.78, 5) is 21.0. The Kier molecular flexibility index (Phi) is 5.14. The highest BCUT2D eigenvalue weighted by molar-refractivity contribution is 5.91. The summed E-state index contributed by atoms with van der Waals surface area (Å²) in [6.45, 7) is 1.71. The molecule has 3 rings (SSSR count). The van der Waals surface area contributed by atoms with Crippen LogP contribution in [0.25, 0.3) is 0 Å². The summed E-state index contributed by atoms with van der Waals surface area (Å²) >= 11 is 0. The summed E-state index contributed by atoms with van der Waals surface area (Å²) in [6.07, 6.45) is -1.75. The minimum absolute atomic E-state index is 0.241. The Hall–Kier alpha value is -3.27. The van der Waals surface area contributed by atoms with E-state index in [1.54, 1.807) is 19.1 Å². The first-order valence-corrected chi connectivity index (χ1v) is 8.08. The molecule has 10 heteroatoms. The number of rotatable bonds is 5. The maximum absolute atomic E-state index is 12.3. The molecule has 1 amide bonds. The van der Waals surface area contributed by atoms with Crippen LogP contribution in [0.2, 0.25) is 0 Å². The number of ether oxygens (including phenoxy) is 2. The highest BCUT2D eigenvalue weighted by Crippen LogP contribution is 2.33. The Bertz CT molecular complexity index is 882. The maximum Gasteiger partial charge on any atom is 0.573 e. The van der Waals surface area contributed by atoms with Crippen molar-refractivity contribution >= 4 is 5.91 Å². The molecule has 0 saturated carbocycles. The fraction of sp³-hybridized carbons (Fsp3) is 0.222. The summed E-state index contributed by atoms with van der Waals surface area (Å²) in [5, 5.41) is 2.46. The largest absolute Gasteiger partial charge is 0.573 e. The monoisotopic (exact) mass is 395 g/mol. The molecule has 1 aromatic carbocycles. The fourth-order valence-electron chi connectivity index (χ4n) is 2.48. The van der Waals surface area contributed by atoms with Gasteiger partial charge in [-0.1, -0.05) is 12.1 Å². The molecule has 28 heavy (non-hydrogen) atoms. The second-order valence-electron chi connectivity index (χ2n) is 5.95. The van der Waals surface area contributed by atoms with Crippen LogP contribution in [-0.2, 0) is 10.4 Å². The van der Waals surface area contributed by atoms with Gasteiger partial charge in [-0.25, -0.2) is 10.5 Å². The lowest BCUT2D eigenvalue weighted by Gasteiger charge is -2.20. The quantitative estimate of drug-likeness (QED) is 0.810. The average Bonchev–Trinajstić information content (AvgIpc) is 3.03. The molecule has 1 aromatic heterocycles. The predicted molar refractivity (Wildman–Crippen MR) is 91.0 cm³/mol. The number of hydrogen-bond acceptors (Lipinski definition) is 6. The number of carbonyl (C=O) groups excluding carboxylic acids is 1. The van der Waals surface area contributed by atoms with E-state index in [9.17, 15) is 18.0 Å². The highest BCUT2D eigenvalue weighted by Gasteiger charge is 2.34. The standard InChI is InChI=1S/C18H16F3N3O4/c1-17(11-3-5-12(6-4-11)27-18(19,20)21)9-15(24-28-17)26-13-7-8-14(23-10-13)16(25)22-2/h3-10,24H,1-2H3,(H,22,25)/t17-/m0/s1. The second kappa shape index (κ2) is 7.39. The van der Waals surface area contributed by atoms with E-state index in [0.29, 0.717) is 11.3 Å². The van der Waals surface area contributed by atoms with Gasteiger partial charge in [0.2, 0.25) is 5.88 Å². The van der Waals surface area contributed by atoms with Gasteiger partial charge in [0, 0.05) is 13.1 Å². The third kappa shape index (κ3) is 4.52. The zero-order valence-corrected chi connectivity index (χ0v) is 14.8. The number of hydrogen-bond donors (Lipinski definition) is 2. The zero-order chi connectivity index (χ0) is 20.4. The van der Waals surface area contributed by atoms with E-state index in [1.807, 2.05) is 0 Å². The molecule has 0 fully saturated rings. The summed E-state index contributed by atoms with van der Waals surface area (Å²) in [5.74, 6) is -0.00653. The van der Waals surface area contributed by atoms with Crippen LogP contribution in [0.4, 0.5) is 13.2 Å². The van der Waals surface area contributed by atoms with Gasteiger partial charge in [0.05, 0.1) is 6.20 Å². The number of aromatic nitrogens is 1. The van der Waals surface area contributed by atoms with Crippen molar-refractivity contribution < 1.29 is 32.3 Å². The van der Waals surface area contributed by atoms with Gasteiger partial charge >= 0.3 is 6.36 Å². The lowest BCUT2D eigenvalue weighted by Crippen LogP contribution is -2.23. The van der Waals surface area contributed by atoms with Crippen molar-refractivity contribution in [3.8, 4) is 11.5 Å². The van der Waals surface area contributed by atoms with Crippen molar-refractivity contribution in [3.63, 3.8) is 0 Å². The third-order valence-electron chi connectivity index (χ3n) is 3.86. The van der Waals surface area contributed by atoms with Gasteiger partial charge in [-0.2, -0.15) is 0 Å². The lowest BCUT2D eigenvalue weighted by molar-refractivity contribution is -0.274. The highest BCUT2D eigenvalue weighted by atomic mass is 19.4. The van der Waals surface area contributed by atoms with E-state index in [4.69, 9.17) is 9.57 Å². The molecule has 2 heterocycles. The number of alkyl halides is 3. The average molecular weight is 395 g/mol. The number of nitrogens with one attached hydrogen (secondary N) is 2. The molecule has 0 radical (unpaired) electrons. The number of hydroxylamine groups is 1. The SMILES string of the molecule is CNC(=O)c1ccc(OC2=C[C@@](C)(c3ccc(OC(F)(F)F)cc3)ON2)cn1. The Morgan fingerprint density at radius 3 is 2.43 bits per heavy atom. The van der Waals surface area contributed by atoms with Crippen molar-refractivity contribution in [1.82, 2.24) is 15.8 Å². The molecule has 1 aliphatic rings. The number of pyridine rings is 1. The van der Waals surface area contributed by atoms with Crippen molar-refractivity contribution in [2.45, 2.75) is 18.9 Å². The minimum Gasteiger partial charge on any atom is -0.438 e. The van der Waals surface area contributed by atoms with Crippen LogP contribution in [0, 0.1) is 0 Å². The van der Waals surface area contributed by atoms with E-state index in [1.165, 1.54) is 43.6 Å². The maximum atomic E-state index is 12.3. The van der Waals surface area contributed by atoms with Gasteiger partial charge in [-0.05, 0) is 36.8 Å². The molecule has 1 aliphatic heterocycles. The number of nitrogens with zero attached hydrogens (tertiary/aromatic N) is 1. The Morgan fingerprint density at radius 1 is 1.18 bits per heavy atom. The molecule has 0 spiro atoms. The summed E-state index contributed by atoms with van der Waals surface area (Å²) in [5.41, 5.74) is 2.47. The molecule has 0 saturated heterocycles. The first-order chi connectivity index (χ1) is 13.2. The van der Waals surface area contributed by atoms with Gasteiger partial charge in [-0.15, -0.1) is 13.2 Å². The first-order valence-electron chi connectivity index (χ1n) is 8.08. The summed E-state index contributed by atoms with van der Waals surface area (Å²) in [6, 6.07) is 8.39. The molecular formula is C18H16F3N3O4. The van der Waals surface area contributed by atoms with Crippen LogP contribution in [-0.4, -0.2) is 24.3 Å². The zero-order valence-electron chi connectivity index (χ0n) is 14.8. The Balaban J connectivity index is 1.70. The van der Waals surface area contributed by atoms with Crippen LogP contribution < -0.4 is 20.3 Å². The molecule has 148 valence electrons. The Labute approximate surface area is 158 Å². The van der Waals surface area contributed by atoms with Gasteiger partial charge < -0.3 is 14.8 Å². The smallest absolute Gasteiger partial charge is 0.438 e. The van der Waals surface area contributed by atoms with Crippen LogP contribution >= 0.6 is 0 Å². The summed E-state index contributed by atoms with van der Waals surface area (Å²) in [7, 11) is 1.50. The molecule has 0 unspecified atom stereocenters. The lowest BCUT2D eigenvalue weighted by atomic mass is 9.96. The third-order valence-corrected chi connectivity index (χ3v) is 3.86. The first kappa shape index (κ1) is 19.5. The van der Waals surface area contributed by atoms with E-state index < -0.39 is 12.0 Å². The van der Waals surface area contributed by atoms with Crippen molar-refractivity contribution in [2.75, 3.05) is 7.05 Å². The van der Waals surface area contributed by atoms with Crippen LogP contribution in [0.3, 0.4) is 0 Å². The second-order valence-corrected chi connectivity index (χ2v) is 5.95. The number of amides is 1. The van der Waals surface area contributed by atoms with E-state index in [0.717, 1.165) is 0 Å². The van der Waals surface area contributed by atoms with Gasteiger partial charge in [-0.3, -0.25) is 9.63 Å². The predicted octanol–water partition coefficient (Wildman–Crippen LogP) is 3.01. The normalized spacial score (nSPS) is 18.8. The number of benzene rings is 1. The van der Waals surface area contributed by atoms with E-state index >= 15 is 0 Å². The molecule has 2 aromatic rings. The van der Waals surface area contributed by atoms with E-state index in [2.05, 4.69) is 20.5 Å². The fourth-order valence-corrected chi connectivity index (χ4v) is 2.48. The molecule has 1 atom stereocenters.